The molecule has 2 aromatic heterocycles. The number of thiophene rings is 1. The molecule has 4 aromatic rings. The lowest BCUT2D eigenvalue weighted by atomic mass is 10.1. The van der Waals surface area contributed by atoms with Crippen LogP contribution in [0, 0.1) is 0 Å². The molecule has 0 bridgehead atoms. The Kier molecular flexibility index (Phi) is 4.04. The number of carbonyl (C=O) groups is 1. The number of hydrogen-bond donors (Lipinski definition) is 3. The third-order valence-electron chi connectivity index (χ3n) is 4.38. The van der Waals surface area contributed by atoms with Gasteiger partial charge in [-0.25, -0.2) is 10.2 Å². The molecule has 1 aliphatic heterocycles. The number of amides is 2. The first-order valence-corrected chi connectivity index (χ1v) is 9.45. The summed E-state index contributed by atoms with van der Waals surface area (Å²) in [5, 5.41) is 6.76. The van der Waals surface area contributed by atoms with Crippen molar-refractivity contribution in [2.45, 2.75) is 0 Å². The lowest BCUT2D eigenvalue weighted by Crippen LogP contribution is -2.38. The largest absolute Gasteiger partial charge is 0.374 e. The van der Waals surface area contributed by atoms with Crippen LogP contribution >= 0.6 is 11.3 Å². The van der Waals surface area contributed by atoms with Crippen LogP contribution in [-0.4, -0.2) is 11.0 Å². The van der Waals surface area contributed by atoms with Crippen molar-refractivity contribution in [1.82, 2.24) is 21.4 Å². The van der Waals surface area contributed by atoms with E-state index in [9.17, 15) is 4.79 Å². The predicted octanol–water partition coefficient (Wildman–Crippen LogP) is 4.18. The molecule has 2 aromatic carbocycles. The maximum atomic E-state index is 11.3. The fraction of sp³-hybridized carbons (Fsp3) is 0. The Hall–Kier alpha value is -3.62. The fourth-order valence-corrected chi connectivity index (χ4v) is 4.01. The number of rotatable bonds is 4. The third kappa shape index (κ3) is 3.11. The smallest absolute Gasteiger partial charge is 0.354 e. The highest BCUT2D eigenvalue weighted by molar-refractivity contribution is 7.22. The summed E-state index contributed by atoms with van der Waals surface area (Å²) >= 11 is 1.51. The van der Waals surface area contributed by atoms with Crippen LogP contribution in [0.1, 0.15) is 0 Å². The van der Waals surface area contributed by atoms with E-state index in [0.717, 1.165) is 26.5 Å². The van der Waals surface area contributed by atoms with Crippen LogP contribution in [0.4, 0.5) is 21.2 Å². The van der Waals surface area contributed by atoms with E-state index >= 15 is 0 Å². The van der Waals surface area contributed by atoms with Crippen LogP contribution in [0.25, 0.3) is 21.2 Å². The van der Waals surface area contributed by atoms with Gasteiger partial charge in [0.25, 0.3) is 0 Å². The Morgan fingerprint density at radius 1 is 0.964 bits per heavy atom. The summed E-state index contributed by atoms with van der Waals surface area (Å²) in [5.41, 5.74) is 13.1. The van der Waals surface area contributed by atoms with Gasteiger partial charge >= 0.3 is 6.03 Å². The molecular formula is C20H15N6OS. The van der Waals surface area contributed by atoms with Gasteiger partial charge in [-0.15, -0.1) is 16.8 Å². The highest BCUT2D eigenvalue weighted by Crippen LogP contribution is 2.36. The van der Waals surface area contributed by atoms with Gasteiger partial charge in [0.15, 0.2) is 0 Å². The molecule has 1 radical (unpaired) electrons. The average molecular weight is 387 g/mol. The normalized spacial score (nSPS) is 13.4. The number of nitrogens with one attached hydrogen (secondary N) is 3. The lowest BCUT2D eigenvalue weighted by Gasteiger charge is -2.10. The predicted molar refractivity (Wildman–Crippen MR) is 111 cm³/mol. The first kappa shape index (κ1) is 16.5. The van der Waals surface area contributed by atoms with Gasteiger partial charge in [0, 0.05) is 17.3 Å². The van der Waals surface area contributed by atoms with Crippen molar-refractivity contribution >= 4 is 43.8 Å². The van der Waals surface area contributed by atoms with Gasteiger partial charge in [0.1, 0.15) is 5.00 Å². The van der Waals surface area contributed by atoms with Crippen LogP contribution in [0.2, 0.25) is 0 Å². The third-order valence-corrected chi connectivity index (χ3v) is 5.44. The number of pyridine rings is 1. The molecule has 7 nitrogen and oxygen atoms in total. The minimum absolute atomic E-state index is 0.424. The molecule has 8 heteroatoms. The van der Waals surface area contributed by atoms with Crippen molar-refractivity contribution in [1.29, 1.82) is 0 Å². The summed E-state index contributed by atoms with van der Waals surface area (Å²) in [6.07, 6.45) is 3.60. The molecule has 3 heterocycles. The fourth-order valence-electron chi connectivity index (χ4n) is 3.03. The van der Waals surface area contributed by atoms with Crippen LogP contribution in [0.15, 0.2) is 73.1 Å². The van der Waals surface area contributed by atoms with E-state index in [4.69, 9.17) is 0 Å². The number of nitrogens with zero attached hydrogens (tertiary/aromatic N) is 3. The van der Waals surface area contributed by atoms with Gasteiger partial charge in [-0.05, 0) is 29.3 Å². The molecule has 28 heavy (non-hydrogen) atoms. The van der Waals surface area contributed by atoms with E-state index in [0.29, 0.717) is 0 Å². The minimum Gasteiger partial charge on any atom is -0.354 e. The maximum Gasteiger partial charge on any atom is 0.374 e. The lowest BCUT2D eigenvalue weighted by molar-refractivity contribution is 0.246. The summed E-state index contributed by atoms with van der Waals surface area (Å²) < 4.78 is 1.00. The van der Waals surface area contributed by atoms with Crippen LogP contribution < -0.4 is 26.8 Å². The molecule has 2 amide bonds. The topological polar surface area (TPSA) is 83.4 Å². The second-order valence-electron chi connectivity index (χ2n) is 6.22. The Morgan fingerprint density at radius 2 is 1.75 bits per heavy atom. The molecule has 0 atom stereocenters. The Labute approximate surface area is 164 Å². The van der Waals surface area contributed by atoms with E-state index < -0.39 is 6.03 Å². The van der Waals surface area contributed by atoms with E-state index in [1.54, 1.807) is 6.20 Å². The molecule has 137 valence electrons. The Morgan fingerprint density at radius 3 is 2.50 bits per heavy atom. The molecule has 1 saturated heterocycles. The average Bonchev–Trinajstić information content (AvgIpc) is 3.36. The van der Waals surface area contributed by atoms with Gasteiger partial charge in [0.2, 0.25) is 0 Å². The zero-order chi connectivity index (χ0) is 18.9. The Balaban J connectivity index is 1.42. The number of urea groups is 1. The first-order valence-electron chi connectivity index (χ1n) is 8.63. The summed E-state index contributed by atoms with van der Waals surface area (Å²) in [4.78, 5) is 15.6. The van der Waals surface area contributed by atoms with Crippen molar-refractivity contribution in [3.8, 4) is 11.1 Å². The highest BCUT2D eigenvalue weighted by Gasteiger charge is 2.22. The van der Waals surface area contributed by atoms with Gasteiger partial charge < -0.3 is 5.32 Å². The number of anilines is 3. The molecule has 1 fully saturated rings. The van der Waals surface area contributed by atoms with Gasteiger partial charge in [-0.2, -0.15) is 5.12 Å². The molecule has 0 unspecified atom stereocenters. The molecule has 3 N–H and O–H groups in total. The van der Waals surface area contributed by atoms with E-state index in [1.165, 1.54) is 27.6 Å². The number of benzene rings is 2. The van der Waals surface area contributed by atoms with E-state index in [2.05, 4.69) is 63.1 Å². The zero-order valence-corrected chi connectivity index (χ0v) is 15.4. The number of hydrogen-bond acceptors (Lipinski definition) is 6. The number of carbonyl (C=O) groups excluding carboxylic acids is 1. The number of fused-ring (bicyclic) bond motifs is 1. The molecule has 0 spiro atoms. The van der Waals surface area contributed by atoms with Gasteiger partial charge in [-0.3, -0.25) is 4.98 Å². The first-order chi connectivity index (χ1) is 13.8. The summed E-state index contributed by atoms with van der Waals surface area (Å²) in [5.74, 6) is 0. The summed E-state index contributed by atoms with van der Waals surface area (Å²) in [6.45, 7) is 0. The second kappa shape index (κ2) is 6.84. The maximum absolute atomic E-state index is 11.3. The van der Waals surface area contributed by atoms with Crippen molar-refractivity contribution < 1.29 is 4.79 Å². The molecule has 5 rings (SSSR count). The highest BCUT2D eigenvalue weighted by atomic mass is 32.1. The summed E-state index contributed by atoms with van der Waals surface area (Å²) in [7, 11) is 0. The standard InChI is InChI=1S/C20H15N6OS/c27-20-23-25-26(24-20)19-10-16-17(11-21-12-18(16)28-19)22-15-8-6-14(7-9-15)13-4-2-1-3-5-13/h1-12,22,25H,(H,24,27). The summed E-state index contributed by atoms with van der Waals surface area (Å²) in [6, 6.07) is 20.1. The van der Waals surface area contributed by atoms with E-state index in [-0.39, 0.29) is 0 Å². The molecule has 1 aliphatic rings. The van der Waals surface area contributed by atoms with Crippen molar-refractivity contribution in [2.75, 3.05) is 10.4 Å². The van der Waals surface area contributed by atoms with Gasteiger partial charge in [-0.1, -0.05) is 48.0 Å². The number of aromatic nitrogens is 1. The van der Waals surface area contributed by atoms with Crippen molar-refractivity contribution in [3.05, 3.63) is 73.1 Å². The van der Waals surface area contributed by atoms with Crippen LogP contribution in [0.5, 0.6) is 0 Å². The van der Waals surface area contributed by atoms with Gasteiger partial charge in [0.05, 0.1) is 16.6 Å². The van der Waals surface area contributed by atoms with Crippen LogP contribution in [0.3, 0.4) is 0 Å². The Bertz CT molecular complexity index is 1140. The zero-order valence-electron chi connectivity index (χ0n) is 14.6. The van der Waals surface area contributed by atoms with Crippen molar-refractivity contribution in [3.63, 3.8) is 0 Å². The minimum atomic E-state index is -0.424. The SMILES string of the molecule is O=C1[N]NN(c2cc3c(Nc4ccc(-c5ccccc5)cc4)cncc3s2)N1. The monoisotopic (exact) mass is 387 g/mol. The molecular weight excluding hydrogens is 372 g/mol. The van der Waals surface area contributed by atoms with Crippen LogP contribution in [-0.2, 0) is 0 Å². The second-order valence-corrected chi connectivity index (χ2v) is 7.28. The molecule has 0 saturated carbocycles. The quantitative estimate of drug-likeness (QED) is 0.489. The molecule has 0 aliphatic carbocycles. The number of hydrazine groups is 2. The van der Waals surface area contributed by atoms with E-state index in [1.807, 2.05) is 30.5 Å². The van der Waals surface area contributed by atoms with Crippen molar-refractivity contribution in [2.24, 2.45) is 0 Å².